The average molecular weight is 284 g/mol. The van der Waals surface area contributed by atoms with Gasteiger partial charge in [-0.1, -0.05) is 0 Å². The monoisotopic (exact) mass is 284 g/mol. The van der Waals surface area contributed by atoms with Crippen molar-refractivity contribution in [2.75, 3.05) is 52.9 Å². The molecule has 0 fully saturated rings. The minimum atomic E-state index is -3.60. The first-order valence-electron chi connectivity index (χ1n) is 5.54. The number of aliphatic hydroxyl groups is 2. The number of hydrogen-bond acceptors (Lipinski definition) is 7. The molecule has 108 valence electrons. The summed E-state index contributed by atoms with van der Waals surface area (Å²) in [5.74, 6) is 0. The second-order valence-corrected chi connectivity index (χ2v) is 5.12. The molecule has 0 bridgehead atoms. The molecule has 0 aliphatic rings. The van der Waals surface area contributed by atoms with Crippen LogP contribution < -0.4 is 0 Å². The van der Waals surface area contributed by atoms with E-state index in [1.165, 1.54) is 0 Å². The Morgan fingerprint density at radius 2 is 1.28 bits per heavy atom. The second kappa shape index (κ2) is 11.8. The fourth-order valence-corrected chi connectivity index (χ4v) is 1.91. The maximum absolute atomic E-state index is 9.78. The summed E-state index contributed by atoms with van der Waals surface area (Å²) in [6, 6.07) is 0. The topological polar surface area (TPSA) is 97.6 Å². The molecule has 0 aromatic heterocycles. The Bertz CT molecular complexity index is 217. The molecule has 0 aliphatic carbocycles. The first-order chi connectivity index (χ1) is 8.68. The van der Waals surface area contributed by atoms with E-state index in [-0.39, 0.29) is 52.9 Å². The van der Waals surface area contributed by atoms with Gasteiger partial charge in [0.25, 0.3) is 0 Å². The first kappa shape index (κ1) is 17.7. The molecule has 0 heterocycles. The fraction of sp³-hybridized carbons (Fsp3) is 0.800. The Balaban J connectivity index is 3.65. The molecule has 0 atom stereocenters. The average Bonchev–Trinajstić information content (AvgIpc) is 2.38. The number of terminal acetylenes is 1. The van der Waals surface area contributed by atoms with Crippen LogP contribution in [0.25, 0.3) is 0 Å². The van der Waals surface area contributed by atoms with Gasteiger partial charge in [-0.25, -0.2) is 0 Å². The zero-order valence-electron chi connectivity index (χ0n) is 10.2. The van der Waals surface area contributed by atoms with Gasteiger partial charge in [0.2, 0.25) is 0 Å². The van der Waals surface area contributed by atoms with Gasteiger partial charge >= 0.3 is 107 Å². The summed E-state index contributed by atoms with van der Waals surface area (Å²) in [7, 11) is -3.60. The maximum atomic E-state index is 9.78. The van der Waals surface area contributed by atoms with Crippen molar-refractivity contribution in [2.24, 2.45) is 0 Å². The Labute approximate surface area is 107 Å². The van der Waals surface area contributed by atoms with Gasteiger partial charge in [-0.15, -0.1) is 0 Å². The molecule has 0 aliphatic heterocycles. The second-order valence-electron chi connectivity index (χ2n) is 3.10. The quantitative estimate of drug-likeness (QED) is 0.243. The summed E-state index contributed by atoms with van der Waals surface area (Å²) >= 11 is 0. The van der Waals surface area contributed by atoms with Crippen LogP contribution in [-0.2, 0) is 18.5 Å². The summed E-state index contributed by atoms with van der Waals surface area (Å²) in [5, 5.41) is 16.9. The predicted molar refractivity (Wildman–Crippen MR) is 67.1 cm³/mol. The Hall–Kier alpha value is -0.290. The molecule has 0 rings (SSSR count). The van der Waals surface area contributed by atoms with E-state index < -0.39 is 7.94 Å². The number of aliphatic hydroxyl groups excluding tert-OH is 2. The molecule has 7 nitrogen and oxygen atoms in total. The molecule has 0 aromatic rings. The van der Waals surface area contributed by atoms with Crippen molar-refractivity contribution in [3.63, 3.8) is 0 Å². The normalized spacial score (nSPS) is 12.3. The molecule has 0 saturated carbocycles. The van der Waals surface area contributed by atoms with Crippen LogP contribution in [-0.4, -0.2) is 68.0 Å². The van der Waals surface area contributed by atoms with Crippen LogP contribution in [0.2, 0.25) is 0 Å². The molecule has 0 spiro atoms. The van der Waals surface area contributed by atoms with Crippen LogP contribution in [0.5, 0.6) is 0 Å². The van der Waals surface area contributed by atoms with E-state index in [4.69, 9.17) is 35.2 Å². The van der Waals surface area contributed by atoms with Crippen LogP contribution in [0.4, 0.5) is 0 Å². The van der Waals surface area contributed by atoms with E-state index in [9.17, 15) is 4.89 Å². The SMILES string of the molecule is C#C[PH](O)(OCCOCCO)OCCOCCO. The third-order valence-electron chi connectivity index (χ3n) is 1.70. The molecule has 0 radical (unpaired) electrons. The molecule has 0 unspecified atom stereocenters. The van der Waals surface area contributed by atoms with Crippen LogP contribution >= 0.6 is 7.94 Å². The zero-order chi connectivity index (χ0) is 13.7. The molecule has 0 aromatic carbocycles. The van der Waals surface area contributed by atoms with Crippen LogP contribution in [0.1, 0.15) is 0 Å². The Kier molecular flexibility index (Phi) is 11.6. The summed E-state index contributed by atoms with van der Waals surface area (Å²) in [6.07, 6.45) is 5.14. The standard InChI is InChI=1S/C10H21O7P/c1-2-18(13,16-9-7-14-5-3-11)17-10-8-15-6-4-12/h1,11-13,18H,3-10H2. The van der Waals surface area contributed by atoms with Gasteiger partial charge in [0.15, 0.2) is 0 Å². The van der Waals surface area contributed by atoms with Crippen molar-refractivity contribution >= 4 is 7.94 Å². The zero-order valence-corrected chi connectivity index (χ0v) is 11.2. The summed E-state index contributed by atoms with van der Waals surface area (Å²) < 4.78 is 20.0. The van der Waals surface area contributed by atoms with Crippen molar-refractivity contribution in [2.45, 2.75) is 0 Å². The van der Waals surface area contributed by atoms with Crippen molar-refractivity contribution < 1.29 is 33.6 Å². The molecular weight excluding hydrogens is 263 g/mol. The van der Waals surface area contributed by atoms with Gasteiger partial charge in [-0.2, -0.15) is 0 Å². The van der Waals surface area contributed by atoms with E-state index in [1.54, 1.807) is 0 Å². The van der Waals surface area contributed by atoms with Gasteiger partial charge < -0.3 is 0 Å². The number of ether oxygens (including phenoxy) is 2. The third kappa shape index (κ3) is 9.71. The van der Waals surface area contributed by atoms with E-state index in [2.05, 4.69) is 5.66 Å². The molecule has 18 heavy (non-hydrogen) atoms. The Morgan fingerprint density at radius 1 is 0.833 bits per heavy atom. The van der Waals surface area contributed by atoms with Crippen LogP contribution in [0.15, 0.2) is 0 Å². The van der Waals surface area contributed by atoms with Crippen molar-refractivity contribution in [1.29, 1.82) is 0 Å². The Morgan fingerprint density at radius 3 is 1.61 bits per heavy atom. The van der Waals surface area contributed by atoms with Gasteiger partial charge in [0, 0.05) is 0 Å². The van der Waals surface area contributed by atoms with Crippen molar-refractivity contribution in [3.05, 3.63) is 0 Å². The predicted octanol–water partition coefficient (Wildman–Crippen LogP) is -0.885. The molecule has 0 saturated heterocycles. The molecule has 8 heteroatoms. The summed E-state index contributed by atoms with van der Waals surface area (Å²) in [5.41, 5.74) is 2.10. The number of rotatable bonds is 12. The molecular formula is C10H21O7P. The van der Waals surface area contributed by atoms with Crippen molar-refractivity contribution in [3.8, 4) is 12.1 Å². The van der Waals surface area contributed by atoms with E-state index in [0.717, 1.165) is 0 Å². The summed E-state index contributed by atoms with van der Waals surface area (Å²) in [6.45, 7) is 0.855. The van der Waals surface area contributed by atoms with Crippen molar-refractivity contribution in [1.82, 2.24) is 0 Å². The molecule has 3 N–H and O–H groups in total. The number of hydrogen-bond donors (Lipinski definition) is 3. The van der Waals surface area contributed by atoms with Gasteiger partial charge in [0.1, 0.15) is 0 Å². The van der Waals surface area contributed by atoms with E-state index in [1.807, 2.05) is 0 Å². The van der Waals surface area contributed by atoms with Crippen LogP contribution in [0, 0.1) is 12.1 Å². The van der Waals surface area contributed by atoms with E-state index in [0.29, 0.717) is 0 Å². The van der Waals surface area contributed by atoms with Gasteiger partial charge in [0.05, 0.1) is 0 Å². The first-order valence-corrected chi connectivity index (χ1v) is 7.30. The van der Waals surface area contributed by atoms with Gasteiger partial charge in [-0.05, 0) is 0 Å². The van der Waals surface area contributed by atoms with Crippen LogP contribution in [0.3, 0.4) is 0 Å². The summed E-state index contributed by atoms with van der Waals surface area (Å²) in [4.78, 5) is 9.78. The minimum absolute atomic E-state index is 0.0739. The molecule has 0 amide bonds. The van der Waals surface area contributed by atoms with Gasteiger partial charge in [-0.3, -0.25) is 0 Å². The fourth-order valence-electron chi connectivity index (χ4n) is 0.936. The third-order valence-corrected chi connectivity index (χ3v) is 3.26. The van der Waals surface area contributed by atoms with E-state index >= 15 is 0 Å².